The molecule has 0 N–H and O–H groups in total. The van der Waals surface area contributed by atoms with Gasteiger partial charge in [-0.05, 0) is 42.8 Å². The number of furan rings is 1. The molecule has 4 heteroatoms. The van der Waals surface area contributed by atoms with E-state index >= 15 is 0 Å². The van der Waals surface area contributed by atoms with Crippen LogP contribution in [0.2, 0.25) is 0 Å². The topological polar surface area (TPSA) is 47.5 Å². The minimum atomic E-state index is -0.122. The average Bonchev–Trinajstić information content (AvgIpc) is 3.33. The van der Waals surface area contributed by atoms with Gasteiger partial charge in [0.1, 0.15) is 12.1 Å². The van der Waals surface area contributed by atoms with E-state index in [0.717, 1.165) is 44.9 Å². The van der Waals surface area contributed by atoms with Crippen LogP contribution in [0.5, 0.6) is 0 Å². The lowest BCUT2D eigenvalue weighted by molar-refractivity contribution is 0.0978. The number of ketones is 1. The number of rotatable bonds is 5. The minimum Gasteiger partial charge on any atom is -0.453 e. The van der Waals surface area contributed by atoms with E-state index in [1.807, 2.05) is 54.7 Å². The molecule has 0 aliphatic heterocycles. The zero-order valence-corrected chi connectivity index (χ0v) is 17.1. The fourth-order valence-electron chi connectivity index (χ4n) is 4.26. The molecule has 0 fully saturated rings. The molecule has 2 aromatic heterocycles. The molecule has 0 unspecified atom stereocenters. The smallest absolute Gasteiger partial charge is 0.219 e. The third kappa shape index (κ3) is 2.92. The van der Waals surface area contributed by atoms with E-state index in [1.165, 1.54) is 5.52 Å². The molecule has 0 bridgehead atoms. The summed E-state index contributed by atoms with van der Waals surface area (Å²) in [5, 5.41) is 4.33. The van der Waals surface area contributed by atoms with Crippen LogP contribution in [0.15, 0.2) is 76.1 Å². The van der Waals surface area contributed by atoms with Crippen LogP contribution >= 0.6 is 0 Å². The summed E-state index contributed by atoms with van der Waals surface area (Å²) in [6.45, 7) is 5.18. The van der Waals surface area contributed by atoms with Crippen LogP contribution in [0.25, 0.3) is 32.6 Å². The summed E-state index contributed by atoms with van der Waals surface area (Å²) < 4.78 is 8.10. The van der Waals surface area contributed by atoms with Crippen molar-refractivity contribution >= 4 is 44.6 Å². The van der Waals surface area contributed by atoms with Crippen LogP contribution in [0, 0.1) is 6.92 Å². The number of hydrogen-bond acceptors (Lipinski definition) is 3. The number of aliphatic imine (C=N–C) groups is 1. The Hall–Kier alpha value is -3.66. The number of fused-ring (bicyclic) bond motifs is 4. The molecular formula is C26H22N2O2. The van der Waals surface area contributed by atoms with Crippen molar-refractivity contribution < 1.29 is 9.21 Å². The van der Waals surface area contributed by atoms with Crippen LogP contribution in [0.4, 0.5) is 0 Å². The zero-order chi connectivity index (χ0) is 20.7. The molecule has 0 aliphatic rings. The van der Waals surface area contributed by atoms with Gasteiger partial charge in [0.15, 0.2) is 5.76 Å². The first-order valence-electron chi connectivity index (χ1n) is 10.2. The first-order chi connectivity index (χ1) is 14.7. The molecular weight excluding hydrogens is 372 g/mol. The van der Waals surface area contributed by atoms with Crippen LogP contribution < -0.4 is 0 Å². The highest BCUT2D eigenvalue weighted by Gasteiger charge is 2.14. The second-order valence-corrected chi connectivity index (χ2v) is 7.46. The van der Waals surface area contributed by atoms with Crippen molar-refractivity contribution in [2.45, 2.75) is 20.4 Å². The van der Waals surface area contributed by atoms with E-state index in [0.29, 0.717) is 5.76 Å². The molecule has 3 aromatic carbocycles. The lowest BCUT2D eigenvalue weighted by Crippen LogP contribution is -2.02. The average molecular weight is 394 g/mol. The van der Waals surface area contributed by atoms with Crippen molar-refractivity contribution in [1.82, 2.24) is 4.57 Å². The third-order valence-electron chi connectivity index (χ3n) is 5.75. The van der Waals surface area contributed by atoms with Crippen LogP contribution in [0.3, 0.4) is 0 Å². The van der Waals surface area contributed by atoms with Gasteiger partial charge >= 0.3 is 0 Å². The van der Waals surface area contributed by atoms with Crippen molar-refractivity contribution in [3.8, 4) is 0 Å². The first kappa shape index (κ1) is 18.4. The molecule has 148 valence electrons. The van der Waals surface area contributed by atoms with Gasteiger partial charge in [-0.25, -0.2) is 0 Å². The SMILES string of the molecule is CCn1c(C)c(C=NCC(=O)c2cc3c(ccc4ccccc43)o2)c2ccccc21. The van der Waals surface area contributed by atoms with E-state index in [1.54, 1.807) is 0 Å². The van der Waals surface area contributed by atoms with E-state index in [9.17, 15) is 4.79 Å². The largest absolute Gasteiger partial charge is 0.453 e. The lowest BCUT2D eigenvalue weighted by Gasteiger charge is -2.03. The number of para-hydroxylation sites is 1. The summed E-state index contributed by atoms with van der Waals surface area (Å²) in [6.07, 6.45) is 1.82. The maximum absolute atomic E-state index is 12.7. The van der Waals surface area contributed by atoms with Crippen molar-refractivity contribution in [3.63, 3.8) is 0 Å². The van der Waals surface area contributed by atoms with Crippen molar-refractivity contribution in [1.29, 1.82) is 0 Å². The number of benzene rings is 3. The summed E-state index contributed by atoms with van der Waals surface area (Å²) in [6, 6.07) is 22.2. The van der Waals surface area contributed by atoms with Crippen LogP contribution in [0.1, 0.15) is 28.7 Å². The standard InChI is InChI=1S/C26H22N2O2/c1-3-28-17(2)22(20-10-6-7-11-23(20)28)15-27-16-24(29)26-14-21-19-9-5-4-8-18(19)12-13-25(21)30-26/h4-15H,3,16H2,1-2H3. The highest BCUT2D eigenvalue weighted by Crippen LogP contribution is 2.28. The van der Waals surface area contributed by atoms with Gasteiger partial charge in [0.25, 0.3) is 0 Å². The first-order valence-corrected chi connectivity index (χ1v) is 10.2. The molecule has 4 nitrogen and oxygen atoms in total. The number of Topliss-reactive ketones (excluding diaryl/α,β-unsaturated/α-hetero) is 1. The van der Waals surface area contributed by atoms with Gasteiger partial charge in [0, 0.05) is 40.3 Å². The van der Waals surface area contributed by atoms with E-state index in [-0.39, 0.29) is 12.3 Å². The highest BCUT2D eigenvalue weighted by molar-refractivity contribution is 6.09. The molecule has 2 heterocycles. The summed E-state index contributed by atoms with van der Waals surface area (Å²) in [5.41, 5.74) is 4.14. The molecule has 0 aliphatic carbocycles. The monoisotopic (exact) mass is 394 g/mol. The summed E-state index contributed by atoms with van der Waals surface area (Å²) in [4.78, 5) is 17.2. The third-order valence-corrected chi connectivity index (χ3v) is 5.75. The van der Waals surface area contributed by atoms with Gasteiger partial charge in [0.2, 0.25) is 5.78 Å². The maximum Gasteiger partial charge on any atom is 0.219 e. The fraction of sp³-hybridized carbons (Fsp3) is 0.154. The fourth-order valence-corrected chi connectivity index (χ4v) is 4.26. The van der Waals surface area contributed by atoms with Gasteiger partial charge in [-0.15, -0.1) is 0 Å². The molecule has 0 saturated heterocycles. The lowest BCUT2D eigenvalue weighted by atomic mass is 10.1. The van der Waals surface area contributed by atoms with Gasteiger partial charge in [-0.3, -0.25) is 9.79 Å². The summed E-state index contributed by atoms with van der Waals surface area (Å²) in [5.74, 6) is 0.231. The van der Waals surface area contributed by atoms with Gasteiger partial charge in [-0.2, -0.15) is 0 Å². The van der Waals surface area contributed by atoms with Crippen molar-refractivity contribution in [2.24, 2.45) is 4.99 Å². The molecule has 0 saturated carbocycles. The van der Waals surface area contributed by atoms with Crippen LogP contribution in [-0.4, -0.2) is 23.1 Å². The van der Waals surface area contributed by atoms with Gasteiger partial charge < -0.3 is 8.98 Å². The Morgan fingerprint density at radius 2 is 1.77 bits per heavy atom. The Labute approximate surface area is 174 Å². The predicted octanol–water partition coefficient (Wildman–Crippen LogP) is 6.17. The quantitative estimate of drug-likeness (QED) is 0.264. The Balaban J connectivity index is 1.44. The number of aryl methyl sites for hydroxylation is 1. The van der Waals surface area contributed by atoms with Crippen molar-refractivity contribution in [2.75, 3.05) is 6.54 Å². The summed E-state index contributed by atoms with van der Waals surface area (Å²) >= 11 is 0. The number of nitrogens with zero attached hydrogens (tertiary/aromatic N) is 2. The molecule has 0 radical (unpaired) electrons. The van der Waals surface area contributed by atoms with E-state index in [2.05, 4.69) is 41.6 Å². The van der Waals surface area contributed by atoms with E-state index < -0.39 is 0 Å². The maximum atomic E-state index is 12.7. The normalized spacial score (nSPS) is 11.9. The Bertz CT molecular complexity index is 1440. The Morgan fingerprint density at radius 3 is 2.60 bits per heavy atom. The number of carbonyl (C=O) groups excluding carboxylic acids is 1. The minimum absolute atomic E-state index is 0.0584. The van der Waals surface area contributed by atoms with Gasteiger partial charge in [-0.1, -0.05) is 48.5 Å². The molecule has 5 rings (SSSR count). The zero-order valence-electron chi connectivity index (χ0n) is 17.1. The second-order valence-electron chi connectivity index (χ2n) is 7.46. The molecule has 30 heavy (non-hydrogen) atoms. The van der Waals surface area contributed by atoms with Crippen molar-refractivity contribution in [3.05, 3.63) is 83.7 Å². The number of aromatic nitrogens is 1. The second kappa shape index (κ2) is 7.30. The molecule has 5 aromatic rings. The molecule has 0 spiro atoms. The highest BCUT2D eigenvalue weighted by atomic mass is 16.3. The van der Waals surface area contributed by atoms with Crippen LogP contribution in [-0.2, 0) is 6.54 Å². The van der Waals surface area contributed by atoms with E-state index in [4.69, 9.17) is 4.42 Å². The Morgan fingerprint density at radius 1 is 1.00 bits per heavy atom. The number of hydrogen-bond donors (Lipinski definition) is 0. The predicted molar refractivity (Wildman–Crippen MR) is 123 cm³/mol. The molecule has 0 amide bonds. The molecule has 0 atom stereocenters. The Kier molecular flexibility index (Phi) is 4.47. The summed E-state index contributed by atoms with van der Waals surface area (Å²) in [7, 11) is 0. The number of carbonyl (C=O) groups is 1. The van der Waals surface area contributed by atoms with Gasteiger partial charge in [0.05, 0.1) is 0 Å².